The minimum Gasteiger partial charge on any atom is -0.338 e. The topological polar surface area (TPSA) is 49.3 Å². The van der Waals surface area contributed by atoms with Crippen molar-refractivity contribution in [2.45, 2.75) is 59.0 Å². The van der Waals surface area contributed by atoms with Crippen molar-refractivity contribution in [1.82, 2.24) is 19.8 Å². The van der Waals surface area contributed by atoms with E-state index in [4.69, 9.17) is 4.98 Å². The van der Waals surface area contributed by atoms with E-state index in [0.717, 1.165) is 62.5 Å². The maximum Gasteiger partial charge on any atom is 0.219 e. The van der Waals surface area contributed by atoms with E-state index in [9.17, 15) is 4.79 Å². The Balaban J connectivity index is 1.36. The Kier molecular flexibility index (Phi) is 5.44. The first-order valence-electron chi connectivity index (χ1n) is 10.4. The van der Waals surface area contributed by atoms with Crippen molar-refractivity contribution in [1.29, 1.82) is 0 Å². The third-order valence-corrected chi connectivity index (χ3v) is 6.33. The number of hydrogen-bond donors (Lipinski definition) is 0. The van der Waals surface area contributed by atoms with Gasteiger partial charge in [-0.25, -0.2) is 9.97 Å². The summed E-state index contributed by atoms with van der Waals surface area (Å²) in [6.07, 6.45) is 5.02. The molecule has 1 aromatic heterocycles. The maximum absolute atomic E-state index is 11.6. The quantitative estimate of drug-likeness (QED) is 0.822. The van der Waals surface area contributed by atoms with Gasteiger partial charge >= 0.3 is 0 Å². The first-order chi connectivity index (χ1) is 13.5. The molecule has 0 saturated carbocycles. The normalized spacial score (nSPS) is 18.2. The van der Waals surface area contributed by atoms with Crippen molar-refractivity contribution < 1.29 is 4.79 Å². The Bertz CT molecular complexity index is 871. The fraction of sp³-hybridized carbons (Fsp3) is 0.522. The molecular weight excluding hydrogens is 348 g/mol. The smallest absolute Gasteiger partial charge is 0.219 e. The van der Waals surface area contributed by atoms with E-state index in [1.807, 2.05) is 11.1 Å². The number of carbonyl (C=O) groups is 1. The van der Waals surface area contributed by atoms with Crippen molar-refractivity contribution in [2.24, 2.45) is 0 Å². The zero-order valence-electron chi connectivity index (χ0n) is 17.2. The van der Waals surface area contributed by atoms with Gasteiger partial charge in [0.2, 0.25) is 5.91 Å². The second-order valence-corrected chi connectivity index (χ2v) is 8.36. The number of amides is 1. The van der Waals surface area contributed by atoms with Gasteiger partial charge in [-0.2, -0.15) is 0 Å². The molecule has 3 heterocycles. The third kappa shape index (κ3) is 4.09. The number of fused-ring (bicyclic) bond motifs is 1. The highest BCUT2D eigenvalue weighted by atomic mass is 16.2. The van der Waals surface area contributed by atoms with Crippen LogP contribution in [0.1, 0.15) is 59.5 Å². The lowest BCUT2D eigenvalue weighted by Crippen LogP contribution is -2.35. The summed E-state index contributed by atoms with van der Waals surface area (Å²) in [5, 5.41) is 0. The van der Waals surface area contributed by atoms with Gasteiger partial charge in [0, 0.05) is 50.7 Å². The van der Waals surface area contributed by atoms with E-state index in [1.165, 1.54) is 16.7 Å². The zero-order chi connectivity index (χ0) is 19.7. The number of nitrogens with zero attached hydrogens (tertiary/aromatic N) is 4. The fourth-order valence-electron chi connectivity index (χ4n) is 4.31. The molecular formula is C23H30N4O. The van der Waals surface area contributed by atoms with E-state index in [1.54, 1.807) is 6.92 Å². The van der Waals surface area contributed by atoms with Crippen LogP contribution in [0.5, 0.6) is 0 Å². The molecule has 2 aliphatic heterocycles. The average Bonchev–Trinajstić information content (AvgIpc) is 2.70. The Morgan fingerprint density at radius 3 is 2.64 bits per heavy atom. The zero-order valence-corrected chi connectivity index (χ0v) is 17.2. The maximum atomic E-state index is 11.6. The van der Waals surface area contributed by atoms with Crippen LogP contribution in [0.3, 0.4) is 0 Å². The molecule has 148 valence electrons. The van der Waals surface area contributed by atoms with Crippen molar-refractivity contribution in [2.75, 3.05) is 19.6 Å². The number of aromatic nitrogens is 2. The first-order valence-corrected chi connectivity index (χ1v) is 10.4. The molecule has 0 N–H and O–H groups in total. The Labute approximate surface area is 167 Å². The minimum atomic E-state index is 0.130. The Morgan fingerprint density at radius 2 is 1.93 bits per heavy atom. The highest BCUT2D eigenvalue weighted by molar-refractivity contribution is 5.73. The van der Waals surface area contributed by atoms with Crippen LogP contribution in [0.4, 0.5) is 0 Å². The molecule has 1 fully saturated rings. The number of carbonyl (C=O) groups excluding carboxylic acids is 1. The number of likely N-dealkylation sites (tertiary alicyclic amines) is 1. The Morgan fingerprint density at radius 1 is 1.14 bits per heavy atom. The van der Waals surface area contributed by atoms with Crippen molar-refractivity contribution in [3.8, 4) is 0 Å². The van der Waals surface area contributed by atoms with Crippen LogP contribution < -0.4 is 0 Å². The lowest BCUT2D eigenvalue weighted by molar-refractivity contribution is -0.129. The molecule has 2 aromatic rings. The van der Waals surface area contributed by atoms with Gasteiger partial charge < -0.3 is 4.90 Å². The predicted molar refractivity (Wildman–Crippen MR) is 110 cm³/mol. The number of benzene rings is 1. The third-order valence-electron chi connectivity index (χ3n) is 6.33. The fourth-order valence-corrected chi connectivity index (χ4v) is 4.31. The molecule has 28 heavy (non-hydrogen) atoms. The summed E-state index contributed by atoms with van der Waals surface area (Å²) >= 11 is 0. The highest BCUT2D eigenvalue weighted by Crippen LogP contribution is 2.28. The van der Waals surface area contributed by atoms with E-state index in [2.05, 4.69) is 41.9 Å². The highest BCUT2D eigenvalue weighted by Gasteiger charge is 2.25. The van der Waals surface area contributed by atoms with Gasteiger partial charge in [0.15, 0.2) is 0 Å². The molecule has 2 aliphatic rings. The SMILES string of the molecule is CC(=O)N1CCc2nc(C3CCN(Cc4ccc(C)c(C)c4)CC3)ncc2C1. The van der Waals surface area contributed by atoms with Crippen LogP contribution in [0.25, 0.3) is 0 Å². The number of piperidine rings is 1. The van der Waals surface area contributed by atoms with E-state index < -0.39 is 0 Å². The minimum absolute atomic E-state index is 0.130. The summed E-state index contributed by atoms with van der Waals surface area (Å²) in [6, 6.07) is 6.80. The molecule has 1 aromatic carbocycles. The molecule has 0 bridgehead atoms. The average molecular weight is 379 g/mol. The van der Waals surface area contributed by atoms with Gasteiger partial charge in [0.05, 0.1) is 5.69 Å². The van der Waals surface area contributed by atoms with Gasteiger partial charge in [-0.1, -0.05) is 18.2 Å². The molecule has 0 spiro atoms. The van der Waals surface area contributed by atoms with Crippen molar-refractivity contribution >= 4 is 5.91 Å². The van der Waals surface area contributed by atoms with Crippen molar-refractivity contribution in [3.05, 3.63) is 58.2 Å². The summed E-state index contributed by atoms with van der Waals surface area (Å²) in [4.78, 5) is 25.6. The summed E-state index contributed by atoms with van der Waals surface area (Å²) < 4.78 is 0. The number of hydrogen-bond acceptors (Lipinski definition) is 4. The second kappa shape index (κ2) is 8.00. The summed E-state index contributed by atoms with van der Waals surface area (Å²) in [5.41, 5.74) is 6.38. The predicted octanol–water partition coefficient (Wildman–Crippen LogP) is 3.38. The van der Waals surface area contributed by atoms with Crippen LogP contribution in [0, 0.1) is 13.8 Å². The molecule has 0 radical (unpaired) electrons. The molecule has 0 aliphatic carbocycles. The summed E-state index contributed by atoms with van der Waals surface area (Å²) in [7, 11) is 0. The van der Waals surface area contributed by atoms with E-state index >= 15 is 0 Å². The molecule has 5 nitrogen and oxygen atoms in total. The Hall–Kier alpha value is -2.27. The van der Waals surface area contributed by atoms with Gasteiger partial charge in [-0.15, -0.1) is 0 Å². The van der Waals surface area contributed by atoms with Crippen molar-refractivity contribution in [3.63, 3.8) is 0 Å². The van der Waals surface area contributed by atoms with Gasteiger partial charge in [0.25, 0.3) is 0 Å². The molecule has 4 rings (SSSR count). The van der Waals surface area contributed by atoms with Crippen LogP contribution in [-0.4, -0.2) is 45.3 Å². The summed E-state index contributed by atoms with van der Waals surface area (Å²) in [6.45, 7) is 10.6. The molecule has 0 atom stereocenters. The molecule has 1 saturated heterocycles. The lowest BCUT2D eigenvalue weighted by Gasteiger charge is -2.32. The number of aryl methyl sites for hydroxylation is 2. The standard InChI is InChI=1S/C23H30N4O/c1-16-4-5-19(12-17(16)2)14-26-9-6-20(7-10-26)23-24-13-21-15-27(18(3)28)11-8-22(21)25-23/h4-5,12-13,20H,6-11,14-15H2,1-3H3. The van der Waals surface area contributed by atoms with Gasteiger partial charge in [0.1, 0.15) is 5.82 Å². The van der Waals surface area contributed by atoms with Crippen LogP contribution in [-0.2, 0) is 24.3 Å². The first kappa shape index (κ1) is 19.1. The largest absolute Gasteiger partial charge is 0.338 e. The number of rotatable bonds is 3. The molecule has 5 heteroatoms. The summed E-state index contributed by atoms with van der Waals surface area (Å²) in [5.74, 6) is 1.58. The van der Waals surface area contributed by atoms with Crippen LogP contribution in [0.2, 0.25) is 0 Å². The van der Waals surface area contributed by atoms with Crippen LogP contribution >= 0.6 is 0 Å². The lowest BCUT2D eigenvalue weighted by atomic mass is 9.94. The second-order valence-electron chi connectivity index (χ2n) is 8.36. The van der Waals surface area contributed by atoms with Gasteiger partial charge in [-0.3, -0.25) is 9.69 Å². The van der Waals surface area contributed by atoms with Crippen LogP contribution in [0.15, 0.2) is 24.4 Å². The van der Waals surface area contributed by atoms with E-state index in [-0.39, 0.29) is 5.91 Å². The molecule has 1 amide bonds. The van der Waals surface area contributed by atoms with E-state index in [0.29, 0.717) is 12.5 Å². The van der Waals surface area contributed by atoms with Gasteiger partial charge in [-0.05, 0) is 56.5 Å². The molecule has 0 unspecified atom stereocenters. The monoisotopic (exact) mass is 378 g/mol.